The standard InChI is InChI=1S/C18H23ClN2O2S/c1-14-8-4-5-9-15(14)13-24(22,23)20-12-18(21(2)3)16-10-6-7-11-17(16)19/h4-11,18,20H,12-13H2,1-3H3. The van der Waals surface area contributed by atoms with Crippen LogP contribution in [0.2, 0.25) is 5.02 Å². The Balaban J connectivity index is 2.12. The van der Waals surface area contributed by atoms with Gasteiger partial charge in [-0.25, -0.2) is 13.1 Å². The molecule has 1 unspecified atom stereocenters. The van der Waals surface area contributed by atoms with Crippen molar-refractivity contribution in [3.8, 4) is 0 Å². The van der Waals surface area contributed by atoms with Crippen molar-refractivity contribution in [2.45, 2.75) is 18.7 Å². The van der Waals surface area contributed by atoms with Crippen LogP contribution in [0.15, 0.2) is 48.5 Å². The highest BCUT2D eigenvalue weighted by Gasteiger charge is 2.20. The van der Waals surface area contributed by atoms with Crippen molar-refractivity contribution in [1.29, 1.82) is 0 Å². The average Bonchev–Trinajstić information content (AvgIpc) is 2.51. The van der Waals surface area contributed by atoms with Crippen LogP contribution in [0, 0.1) is 6.92 Å². The van der Waals surface area contributed by atoms with Gasteiger partial charge in [0.1, 0.15) is 0 Å². The van der Waals surface area contributed by atoms with Gasteiger partial charge in [0.05, 0.1) is 5.75 Å². The number of aryl methyl sites for hydroxylation is 1. The lowest BCUT2D eigenvalue weighted by atomic mass is 10.1. The van der Waals surface area contributed by atoms with E-state index in [0.29, 0.717) is 5.02 Å². The summed E-state index contributed by atoms with van der Waals surface area (Å²) in [6.45, 7) is 2.18. The lowest BCUT2D eigenvalue weighted by molar-refractivity contribution is 0.299. The summed E-state index contributed by atoms with van der Waals surface area (Å²) in [6, 6.07) is 14.9. The zero-order valence-corrected chi connectivity index (χ0v) is 15.7. The highest BCUT2D eigenvalue weighted by atomic mass is 35.5. The van der Waals surface area contributed by atoms with Gasteiger partial charge in [0.25, 0.3) is 0 Å². The first kappa shape index (κ1) is 18.9. The molecule has 130 valence electrons. The molecule has 0 fully saturated rings. The third-order valence-electron chi connectivity index (χ3n) is 3.99. The third kappa shape index (κ3) is 5.05. The van der Waals surface area contributed by atoms with Crippen molar-refractivity contribution >= 4 is 21.6 Å². The number of nitrogens with one attached hydrogen (secondary N) is 1. The molecule has 0 aliphatic rings. The van der Waals surface area contributed by atoms with Gasteiger partial charge in [-0.2, -0.15) is 0 Å². The maximum Gasteiger partial charge on any atom is 0.215 e. The molecule has 1 N–H and O–H groups in total. The molecule has 2 aromatic rings. The Hall–Kier alpha value is -1.40. The molecular formula is C18H23ClN2O2S. The van der Waals surface area contributed by atoms with Gasteiger partial charge < -0.3 is 4.90 Å². The highest BCUT2D eigenvalue weighted by Crippen LogP contribution is 2.25. The van der Waals surface area contributed by atoms with Gasteiger partial charge >= 0.3 is 0 Å². The van der Waals surface area contributed by atoms with E-state index in [-0.39, 0.29) is 18.3 Å². The molecule has 6 heteroatoms. The molecule has 0 aromatic heterocycles. The monoisotopic (exact) mass is 366 g/mol. The first-order valence-corrected chi connectivity index (χ1v) is 9.76. The minimum Gasteiger partial charge on any atom is -0.301 e. The number of benzene rings is 2. The minimum absolute atomic E-state index is 0.0255. The fraction of sp³-hybridized carbons (Fsp3) is 0.333. The highest BCUT2D eigenvalue weighted by molar-refractivity contribution is 7.88. The first-order chi connectivity index (χ1) is 11.3. The van der Waals surface area contributed by atoms with Gasteiger partial charge in [-0.15, -0.1) is 0 Å². The van der Waals surface area contributed by atoms with E-state index in [9.17, 15) is 8.42 Å². The van der Waals surface area contributed by atoms with Crippen LogP contribution in [0.25, 0.3) is 0 Å². The minimum atomic E-state index is -3.43. The molecule has 0 saturated carbocycles. The largest absolute Gasteiger partial charge is 0.301 e. The molecule has 0 heterocycles. The van der Waals surface area contributed by atoms with Gasteiger partial charge in [-0.1, -0.05) is 54.1 Å². The second-order valence-electron chi connectivity index (χ2n) is 6.03. The molecule has 2 rings (SSSR count). The summed E-state index contributed by atoms with van der Waals surface area (Å²) < 4.78 is 27.6. The van der Waals surface area contributed by atoms with Crippen LogP contribution in [-0.4, -0.2) is 34.0 Å². The van der Waals surface area contributed by atoms with E-state index in [4.69, 9.17) is 11.6 Å². The second kappa shape index (κ2) is 8.12. The third-order valence-corrected chi connectivity index (χ3v) is 5.63. The van der Waals surface area contributed by atoms with Crippen LogP contribution < -0.4 is 4.72 Å². The van der Waals surface area contributed by atoms with E-state index in [2.05, 4.69) is 4.72 Å². The van der Waals surface area contributed by atoms with E-state index >= 15 is 0 Å². The fourth-order valence-corrected chi connectivity index (χ4v) is 4.06. The smallest absolute Gasteiger partial charge is 0.215 e. The summed E-state index contributed by atoms with van der Waals surface area (Å²) in [5, 5.41) is 0.634. The summed E-state index contributed by atoms with van der Waals surface area (Å²) in [6.07, 6.45) is 0. The maximum absolute atomic E-state index is 12.4. The van der Waals surface area contributed by atoms with Gasteiger partial charge in [0.15, 0.2) is 0 Å². The Morgan fingerprint density at radius 3 is 2.33 bits per heavy atom. The number of likely N-dealkylation sites (N-methyl/N-ethyl adjacent to an activating group) is 1. The normalized spacial score (nSPS) is 13.2. The Labute approximate surface area is 149 Å². The molecule has 4 nitrogen and oxygen atoms in total. The second-order valence-corrected chi connectivity index (χ2v) is 8.25. The van der Waals surface area contributed by atoms with Gasteiger partial charge in [0, 0.05) is 17.6 Å². The Morgan fingerprint density at radius 1 is 1.08 bits per heavy atom. The fourth-order valence-electron chi connectivity index (χ4n) is 2.55. The van der Waals surface area contributed by atoms with Gasteiger partial charge in [-0.3, -0.25) is 0 Å². The van der Waals surface area contributed by atoms with Crippen molar-refractivity contribution in [2.75, 3.05) is 20.6 Å². The van der Waals surface area contributed by atoms with Crippen molar-refractivity contribution in [1.82, 2.24) is 9.62 Å². The molecule has 0 aliphatic heterocycles. The summed E-state index contributed by atoms with van der Waals surface area (Å²) >= 11 is 6.26. The number of sulfonamides is 1. The van der Waals surface area contributed by atoms with Crippen molar-refractivity contribution in [2.24, 2.45) is 0 Å². The molecule has 0 saturated heterocycles. The first-order valence-electron chi connectivity index (χ1n) is 7.73. The van der Waals surface area contributed by atoms with Crippen LogP contribution in [0.4, 0.5) is 0 Å². The van der Waals surface area contributed by atoms with Crippen LogP contribution in [-0.2, 0) is 15.8 Å². The summed E-state index contributed by atoms with van der Waals surface area (Å²) in [4.78, 5) is 1.96. The number of nitrogens with zero attached hydrogens (tertiary/aromatic N) is 1. The van der Waals surface area contributed by atoms with E-state index in [1.807, 2.05) is 74.4 Å². The molecule has 1 atom stereocenters. The van der Waals surface area contributed by atoms with Crippen molar-refractivity contribution in [3.63, 3.8) is 0 Å². The molecular weight excluding hydrogens is 344 g/mol. The average molecular weight is 367 g/mol. The lowest BCUT2D eigenvalue weighted by Gasteiger charge is -2.26. The zero-order valence-electron chi connectivity index (χ0n) is 14.2. The number of hydrogen-bond acceptors (Lipinski definition) is 3. The molecule has 0 aliphatic carbocycles. The van der Waals surface area contributed by atoms with Crippen LogP contribution >= 0.6 is 11.6 Å². The van der Waals surface area contributed by atoms with E-state index in [1.165, 1.54) is 0 Å². The number of halogens is 1. The molecule has 0 radical (unpaired) electrons. The Bertz CT molecular complexity index is 791. The molecule has 24 heavy (non-hydrogen) atoms. The van der Waals surface area contributed by atoms with Crippen molar-refractivity contribution in [3.05, 3.63) is 70.2 Å². The van der Waals surface area contributed by atoms with E-state index < -0.39 is 10.0 Å². The van der Waals surface area contributed by atoms with Crippen LogP contribution in [0.5, 0.6) is 0 Å². The van der Waals surface area contributed by atoms with E-state index in [1.54, 1.807) is 0 Å². The lowest BCUT2D eigenvalue weighted by Crippen LogP contribution is -2.35. The molecule has 0 bridgehead atoms. The quantitative estimate of drug-likeness (QED) is 0.817. The molecule has 2 aromatic carbocycles. The predicted molar refractivity (Wildman–Crippen MR) is 99.7 cm³/mol. The van der Waals surface area contributed by atoms with Crippen molar-refractivity contribution < 1.29 is 8.42 Å². The number of hydrogen-bond donors (Lipinski definition) is 1. The van der Waals surface area contributed by atoms with Crippen LogP contribution in [0.1, 0.15) is 22.7 Å². The van der Waals surface area contributed by atoms with Gasteiger partial charge in [0.2, 0.25) is 10.0 Å². The SMILES string of the molecule is Cc1ccccc1CS(=O)(=O)NCC(c1ccccc1Cl)N(C)C. The topological polar surface area (TPSA) is 49.4 Å². The zero-order chi connectivity index (χ0) is 17.7. The summed E-state index contributed by atoms with van der Waals surface area (Å²) in [7, 11) is 0.386. The maximum atomic E-state index is 12.4. The summed E-state index contributed by atoms with van der Waals surface area (Å²) in [5.41, 5.74) is 2.69. The molecule has 0 amide bonds. The Morgan fingerprint density at radius 2 is 1.71 bits per heavy atom. The predicted octanol–water partition coefficient (Wildman–Crippen LogP) is 3.37. The van der Waals surface area contributed by atoms with Gasteiger partial charge in [-0.05, 0) is 43.8 Å². The molecule has 0 spiro atoms. The number of rotatable bonds is 7. The van der Waals surface area contributed by atoms with Crippen LogP contribution in [0.3, 0.4) is 0 Å². The Kier molecular flexibility index (Phi) is 6.40. The summed E-state index contributed by atoms with van der Waals surface area (Å²) in [5.74, 6) is -0.0255. The van der Waals surface area contributed by atoms with E-state index in [0.717, 1.165) is 16.7 Å².